The Balaban J connectivity index is 1.85. The van der Waals surface area contributed by atoms with E-state index >= 15 is 0 Å². The minimum absolute atomic E-state index is 0.142. The summed E-state index contributed by atoms with van der Waals surface area (Å²) < 4.78 is 40.3. The first-order chi connectivity index (χ1) is 15.0. The van der Waals surface area contributed by atoms with Crippen LogP contribution in [0.25, 0.3) is 0 Å². The summed E-state index contributed by atoms with van der Waals surface area (Å²) in [6, 6.07) is 8.82. The van der Waals surface area contributed by atoms with Crippen LogP contribution in [0, 0.1) is 5.92 Å². The standard InChI is InChI=1S/C23H24F3N3O3/c1-14(30)27-19-8-4-7-16(10-19)21(31)28-20-11-17(9-18(12-20)23(24,25)26)22(32)29(2)13-15-5-3-6-15/h4,7-12,15H,3,5-6,13H2,1-2H3,(H,27,30)(H,28,31). The molecule has 2 N–H and O–H groups in total. The van der Waals surface area contributed by atoms with Gasteiger partial charge in [0.05, 0.1) is 5.56 Å². The average molecular weight is 447 g/mol. The fraction of sp³-hybridized carbons (Fsp3) is 0.348. The predicted octanol–water partition coefficient (Wildman–Crippen LogP) is 4.79. The van der Waals surface area contributed by atoms with E-state index in [9.17, 15) is 27.6 Å². The lowest BCUT2D eigenvalue weighted by molar-refractivity contribution is -0.137. The molecule has 3 rings (SSSR count). The molecule has 0 unspecified atom stereocenters. The van der Waals surface area contributed by atoms with Crippen molar-refractivity contribution in [2.24, 2.45) is 5.92 Å². The van der Waals surface area contributed by atoms with Crippen molar-refractivity contribution in [2.75, 3.05) is 24.2 Å². The van der Waals surface area contributed by atoms with Crippen LogP contribution in [-0.2, 0) is 11.0 Å². The van der Waals surface area contributed by atoms with Gasteiger partial charge in [0.1, 0.15) is 0 Å². The van der Waals surface area contributed by atoms with Gasteiger partial charge in [0, 0.05) is 43.0 Å². The minimum atomic E-state index is -4.69. The molecule has 3 amide bonds. The van der Waals surface area contributed by atoms with Gasteiger partial charge in [-0.15, -0.1) is 0 Å². The highest BCUT2D eigenvalue weighted by molar-refractivity contribution is 6.06. The van der Waals surface area contributed by atoms with Gasteiger partial charge in [0.25, 0.3) is 11.8 Å². The maximum atomic E-state index is 13.4. The van der Waals surface area contributed by atoms with Crippen LogP contribution in [0.4, 0.5) is 24.5 Å². The van der Waals surface area contributed by atoms with Crippen molar-refractivity contribution in [3.63, 3.8) is 0 Å². The van der Waals surface area contributed by atoms with Crippen molar-refractivity contribution in [3.8, 4) is 0 Å². The van der Waals surface area contributed by atoms with E-state index in [1.807, 2.05) is 0 Å². The normalized spacial score (nSPS) is 13.8. The highest BCUT2D eigenvalue weighted by atomic mass is 19.4. The number of nitrogens with zero attached hydrogens (tertiary/aromatic N) is 1. The van der Waals surface area contributed by atoms with Crippen LogP contribution in [0.1, 0.15) is 52.5 Å². The van der Waals surface area contributed by atoms with Gasteiger partial charge < -0.3 is 15.5 Å². The fourth-order valence-corrected chi connectivity index (χ4v) is 3.50. The van der Waals surface area contributed by atoms with E-state index in [2.05, 4.69) is 10.6 Å². The van der Waals surface area contributed by atoms with Crippen molar-refractivity contribution < 1.29 is 27.6 Å². The molecule has 0 spiro atoms. The van der Waals surface area contributed by atoms with E-state index in [0.717, 1.165) is 31.4 Å². The van der Waals surface area contributed by atoms with E-state index in [-0.39, 0.29) is 22.7 Å². The number of rotatable bonds is 6. The number of nitrogens with one attached hydrogen (secondary N) is 2. The van der Waals surface area contributed by atoms with E-state index in [0.29, 0.717) is 18.2 Å². The second-order valence-corrected chi connectivity index (χ2v) is 8.00. The van der Waals surface area contributed by atoms with Crippen molar-refractivity contribution in [2.45, 2.75) is 32.4 Å². The van der Waals surface area contributed by atoms with Gasteiger partial charge in [-0.2, -0.15) is 13.2 Å². The number of halogens is 3. The number of alkyl halides is 3. The van der Waals surface area contributed by atoms with Crippen LogP contribution in [0.2, 0.25) is 0 Å². The first-order valence-corrected chi connectivity index (χ1v) is 10.2. The molecule has 0 aromatic heterocycles. The maximum Gasteiger partial charge on any atom is 0.416 e. The van der Waals surface area contributed by atoms with Crippen LogP contribution >= 0.6 is 0 Å². The highest BCUT2D eigenvalue weighted by Crippen LogP contribution is 2.33. The fourth-order valence-electron chi connectivity index (χ4n) is 3.50. The van der Waals surface area contributed by atoms with Crippen LogP contribution in [0.5, 0.6) is 0 Å². The monoisotopic (exact) mass is 447 g/mol. The van der Waals surface area contributed by atoms with Crippen LogP contribution < -0.4 is 10.6 Å². The molecule has 2 aromatic carbocycles. The van der Waals surface area contributed by atoms with Crippen LogP contribution in [-0.4, -0.2) is 36.2 Å². The molecular weight excluding hydrogens is 423 g/mol. The number of anilines is 2. The summed E-state index contributed by atoms with van der Waals surface area (Å²) in [6.07, 6.45) is -1.60. The Morgan fingerprint density at radius 2 is 1.69 bits per heavy atom. The number of benzene rings is 2. The zero-order valence-electron chi connectivity index (χ0n) is 17.8. The molecule has 170 valence electrons. The van der Waals surface area contributed by atoms with Crippen molar-refractivity contribution in [1.29, 1.82) is 0 Å². The summed E-state index contributed by atoms with van der Waals surface area (Å²) in [5, 5.41) is 4.96. The Morgan fingerprint density at radius 1 is 1.00 bits per heavy atom. The molecule has 0 aliphatic heterocycles. The lowest BCUT2D eigenvalue weighted by atomic mass is 9.85. The first kappa shape index (κ1) is 23.3. The highest BCUT2D eigenvalue weighted by Gasteiger charge is 2.32. The number of hydrogen-bond acceptors (Lipinski definition) is 3. The van der Waals surface area contributed by atoms with Gasteiger partial charge in [-0.05, 0) is 55.2 Å². The Morgan fingerprint density at radius 3 is 2.28 bits per heavy atom. The molecule has 1 aliphatic carbocycles. The Labute approximate surface area is 183 Å². The third kappa shape index (κ3) is 5.87. The lowest BCUT2D eigenvalue weighted by Gasteiger charge is -2.30. The molecule has 9 heteroatoms. The van der Waals surface area contributed by atoms with E-state index < -0.39 is 23.6 Å². The smallest absolute Gasteiger partial charge is 0.341 e. The SMILES string of the molecule is CC(=O)Nc1cccc(C(=O)Nc2cc(C(=O)N(C)CC3CCC3)cc(C(F)(F)F)c2)c1. The molecule has 2 aromatic rings. The average Bonchev–Trinajstić information content (AvgIpc) is 2.68. The summed E-state index contributed by atoms with van der Waals surface area (Å²) in [7, 11) is 1.56. The lowest BCUT2D eigenvalue weighted by Crippen LogP contribution is -2.34. The van der Waals surface area contributed by atoms with E-state index in [1.54, 1.807) is 13.1 Å². The van der Waals surface area contributed by atoms with Crippen molar-refractivity contribution in [1.82, 2.24) is 4.90 Å². The van der Waals surface area contributed by atoms with Gasteiger partial charge in [-0.3, -0.25) is 14.4 Å². The maximum absolute atomic E-state index is 13.4. The third-order valence-corrected chi connectivity index (χ3v) is 5.31. The quantitative estimate of drug-likeness (QED) is 0.669. The first-order valence-electron chi connectivity index (χ1n) is 10.2. The van der Waals surface area contributed by atoms with Gasteiger partial charge in [-0.25, -0.2) is 0 Å². The number of carbonyl (C=O) groups is 3. The summed E-state index contributed by atoms with van der Waals surface area (Å²) >= 11 is 0. The van der Waals surface area contributed by atoms with Crippen molar-refractivity contribution >= 4 is 29.1 Å². The summed E-state index contributed by atoms with van der Waals surface area (Å²) in [6.45, 7) is 1.79. The Bertz CT molecular complexity index is 1030. The summed E-state index contributed by atoms with van der Waals surface area (Å²) in [5.74, 6) is -1.16. The molecule has 32 heavy (non-hydrogen) atoms. The van der Waals surface area contributed by atoms with Gasteiger partial charge in [0.2, 0.25) is 5.91 Å². The third-order valence-electron chi connectivity index (χ3n) is 5.31. The Hall–Kier alpha value is -3.36. The zero-order chi connectivity index (χ0) is 23.5. The van der Waals surface area contributed by atoms with Gasteiger partial charge in [-0.1, -0.05) is 12.5 Å². The molecule has 0 radical (unpaired) electrons. The van der Waals surface area contributed by atoms with E-state index in [4.69, 9.17) is 0 Å². The molecule has 1 saturated carbocycles. The number of hydrogen-bond donors (Lipinski definition) is 2. The molecule has 0 bridgehead atoms. The van der Waals surface area contributed by atoms with Crippen LogP contribution in [0.15, 0.2) is 42.5 Å². The van der Waals surface area contributed by atoms with Crippen LogP contribution in [0.3, 0.4) is 0 Å². The molecule has 6 nitrogen and oxygen atoms in total. The zero-order valence-corrected chi connectivity index (χ0v) is 17.8. The second-order valence-electron chi connectivity index (χ2n) is 8.00. The molecule has 1 aliphatic rings. The summed E-state index contributed by atoms with van der Waals surface area (Å²) in [4.78, 5) is 38.0. The van der Waals surface area contributed by atoms with Gasteiger partial charge in [0.15, 0.2) is 0 Å². The minimum Gasteiger partial charge on any atom is -0.341 e. The topological polar surface area (TPSA) is 78.5 Å². The van der Waals surface area contributed by atoms with Crippen molar-refractivity contribution in [3.05, 3.63) is 59.2 Å². The summed E-state index contributed by atoms with van der Waals surface area (Å²) in [5.41, 5.74) is -0.798. The largest absolute Gasteiger partial charge is 0.416 e. The van der Waals surface area contributed by atoms with Gasteiger partial charge >= 0.3 is 6.18 Å². The predicted molar refractivity (Wildman–Crippen MR) is 114 cm³/mol. The number of amides is 3. The molecule has 0 saturated heterocycles. The number of carbonyl (C=O) groups excluding carboxylic acids is 3. The van der Waals surface area contributed by atoms with E-state index in [1.165, 1.54) is 36.1 Å². The molecular formula is C23H24F3N3O3. The second kappa shape index (κ2) is 9.42. The Kier molecular flexibility index (Phi) is 6.86. The molecule has 0 heterocycles. The molecule has 1 fully saturated rings. The molecule has 0 atom stereocenters.